The van der Waals surface area contributed by atoms with Crippen LogP contribution in [0.4, 0.5) is 5.69 Å². The van der Waals surface area contributed by atoms with Gasteiger partial charge in [-0.25, -0.2) is 4.98 Å². The molecule has 144 valence electrons. The zero-order chi connectivity index (χ0) is 20.1. The predicted molar refractivity (Wildman–Crippen MR) is 112 cm³/mol. The number of rotatable bonds is 6. The van der Waals surface area contributed by atoms with Gasteiger partial charge in [0.05, 0.1) is 25.5 Å². The van der Waals surface area contributed by atoms with Crippen molar-refractivity contribution in [3.05, 3.63) is 71.4 Å². The van der Waals surface area contributed by atoms with Gasteiger partial charge in [-0.3, -0.25) is 4.79 Å². The van der Waals surface area contributed by atoms with E-state index >= 15 is 0 Å². The molecule has 3 rings (SSSR count). The van der Waals surface area contributed by atoms with E-state index in [2.05, 4.69) is 42.3 Å². The van der Waals surface area contributed by atoms with Gasteiger partial charge < -0.3 is 14.8 Å². The van der Waals surface area contributed by atoms with Gasteiger partial charge in [-0.05, 0) is 49.7 Å². The minimum absolute atomic E-state index is 0.246. The number of amides is 1. The first-order valence-electron chi connectivity index (χ1n) is 8.75. The summed E-state index contributed by atoms with van der Waals surface area (Å²) in [5, 5.41) is 3.56. The number of methoxy groups -OCH3 is 2. The number of carbonyl (C=O) groups excluding carboxylic acids is 1. The van der Waals surface area contributed by atoms with Gasteiger partial charge in [0.2, 0.25) is 0 Å². The lowest BCUT2D eigenvalue weighted by Gasteiger charge is -2.13. The summed E-state index contributed by atoms with van der Waals surface area (Å²) in [6.45, 7) is 4.11. The third-order valence-electron chi connectivity index (χ3n) is 4.21. The van der Waals surface area contributed by atoms with Crippen LogP contribution in [0.15, 0.2) is 64.6 Å². The highest BCUT2D eigenvalue weighted by atomic mass is 32.2. The van der Waals surface area contributed by atoms with Gasteiger partial charge in [0.1, 0.15) is 16.5 Å². The summed E-state index contributed by atoms with van der Waals surface area (Å²) in [6.07, 6.45) is 1.69. The van der Waals surface area contributed by atoms with E-state index in [0.29, 0.717) is 27.8 Å². The molecule has 28 heavy (non-hydrogen) atoms. The third kappa shape index (κ3) is 4.46. The van der Waals surface area contributed by atoms with Gasteiger partial charge in [-0.1, -0.05) is 29.5 Å². The summed E-state index contributed by atoms with van der Waals surface area (Å²) in [7, 11) is 3.13. The molecular formula is C22H22N2O3S. The quantitative estimate of drug-likeness (QED) is 0.629. The fraction of sp³-hybridized carbons (Fsp3) is 0.182. The number of hydrogen-bond acceptors (Lipinski definition) is 5. The molecule has 6 heteroatoms. The van der Waals surface area contributed by atoms with Crippen LogP contribution in [0.1, 0.15) is 21.5 Å². The number of ether oxygens (including phenoxy) is 2. The van der Waals surface area contributed by atoms with E-state index in [1.165, 1.54) is 17.3 Å². The molecule has 3 aromatic rings. The number of nitrogens with zero attached hydrogens (tertiary/aromatic N) is 1. The van der Waals surface area contributed by atoms with Crippen LogP contribution in [-0.2, 0) is 0 Å². The highest BCUT2D eigenvalue weighted by Gasteiger charge is 2.16. The molecule has 0 aliphatic carbocycles. The standard InChI is InChI=1S/C22H22N2O3S/c1-14-7-10-20(15(2)12-14)28-22-17(6-5-11-23-22)21(25)24-18-9-8-16(26-3)13-19(18)27-4/h5-13H,1-4H3,(H,24,25). The molecule has 0 atom stereocenters. The van der Waals surface area contributed by atoms with E-state index in [4.69, 9.17) is 9.47 Å². The molecule has 1 heterocycles. The molecule has 0 unspecified atom stereocenters. The maximum Gasteiger partial charge on any atom is 0.258 e. The number of aryl methyl sites for hydroxylation is 2. The maximum atomic E-state index is 12.9. The largest absolute Gasteiger partial charge is 0.497 e. The normalized spacial score (nSPS) is 10.4. The number of aromatic nitrogens is 1. The van der Waals surface area contributed by atoms with Crippen molar-refractivity contribution in [3.8, 4) is 11.5 Å². The van der Waals surface area contributed by atoms with Gasteiger partial charge in [0.15, 0.2) is 0 Å². The maximum absolute atomic E-state index is 12.9. The van der Waals surface area contributed by atoms with Crippen LogP contribution >= 0.6 is 11.8 Å². The predicted octanol–water partition coefficient (Wildman–Crippen LogP) is 5.12. The van der Waals surface area contributed by atoms with Crippen LogP contribution in [0.2, 0.25) is 0 Å². The van der Waals surface area contributed by atoms with E-state index in [9.17, 15) is 4.79 Å². The van der Waals surface area contributed by atoms with E-state index in [1.807, 2.05) is 0 Å². The Morgan fingerprint density at radius 1 is 1.04 bits per heavy atom. The van der Waals surface area contributed by atoms with Crippen molar-refractivity contribution in [1.29, 1.82) is 0 Å². The Balaban J connectivity index is 1.87. The van der Waals surface area contributed by atoms with Crippen molar-refractivity contribution in [3.63, 3.8) is 0 Å². The summed E-state index contributed by atoms with van der Waals surface area (Å²) in [5.41, 5.74) is 3.43. The molecule has 0 aliphatic heterocycles. The van der Waals surface area contributed by atoms with Crippen LogP contribution in [0.25, 0.3) is 0 Å². The van der Waals surface area contributed by atoms with Gasteiger partial charge in [0.25, 0.3) is 5.91 Å². The summed E-state index contributed by atoms with van der Waals surface area (Å²) in [5.74, 6) is 0.936. The lowest BCUT2D eigenvalue weighted by molar-refractivity contribution is 0.102. The van der Waals surface area contributed by atoms with Crippen LogP contribution in [0, 0.1) is 13.8 Å². The molecule has 0 saturated carbocycles. The summed E-state index contributed by atoms with van der Waals surface area (Å²) < 4.78 is 10.6. The molecule has 0 fully saturated rings. The molecule has 0 spiro atoms. The molecule has 0 radical (unpaired) electrons. The minimum Gasteiger partial charge on any atom is -0.497 e. The second kappa shape index (κ2) is 8.80. The molecule has 2 aromatic carbocycles. The Morgan fingerprint density at radius 2 is 1.86 bits per heavy atom. The first-order valence-corrected chi connectivity index (χ1v) is 9.57. The highest BCUT2D eigenvalue weighted by molar-refractivity contribution is 7.99. The molecular weight excluding hydrogens is 372 g/mol. The van der Waals surface area contributed by atoms with Crippen LogP contribution in [-0.4, -0.2) is 25.1 Å². The van der Waals surface area contributed by atoms with Crippen LogP contribution in [0.5, 0.6) is 11.5 Å². The topological polar surface area (TPSA) is 60.5 Å². The van der Waals surface area contributed by atoms with E-state index in [1.54, 1.807) is 50.7 Å². The van der Waals surface area contributed by atoms with Gasteiger partial charge in [0, 0.05) is 17.2 Å². The monoisotopic (exact) mass is 394 g/mol. The summed E-state index contributed by atoms with van der Waals surface area (Å²) in [6, 6.07) is 15.0. The van der Waals surface area contributed by atoms with E-state index < -0.39 is 0 Å². The fourth-order valence-electron chi connectivity index (χ4n) is 2.75. The number of hydrogen-bond donors (Lipinski definition) is 1. The highest BCUT2D eigenvalue weighted by Crippen LogP contribution is 2.33. The van der Waals surface area contributed by atoms with Crippen molar-refractivity contribution in [2.24, 2.45) is 0 Å². The molecule has 0 saturated heterocycles. The second-order valence-corrected chi connectivity index (χ2v) is 7.28. The lowest BCUT2D eigenvalue weighted by atomic mass is 10.2. The molecule has 1 amide bonds. The molecule has 0 aliphatic rings. The molecule has 1 aromatic heterocycles. The average molecular weight is 394 g/mol. The Bertz CT molecular complexity index is 1000. The fourth-order valence-corrected chi connectivity index (χ4v) is 3.70. The summed E-state index contributed by atoms with van der Waals surface area (Å²) >= 11 is 1.48. The molecule has 0 bridgehead atoms. The first kappa shape index (κ1) is 19.8. The Morgan fingerprint density at radius 3 is 2.57 bits per heavy atom. The Kier molecular flexibility index (Phi) is 6.21. The SMILES string of the molecule is COc1ccc(NC(=O)c2cccnc2Sc2ccc(C)cc2C)c(OC)c1. The zero-order valence-electron chi connectivity index (χ0n) is 16.3. The van der Waals surface area contributed by atoms with Gasteiger partial charge >= 0.3 is 0 Å². The van der Waals surface area contributed by atoms with E-state index in [-0.39, 0.29) is 5.91 Å². The number of carbonyl (C=O) groups is 1. The first-order chi connectivity index (χ1) is 13.5. The van der Waals surface area contributed by atoms with Crippen molar-refractivity contribution in [2.75, 3.05) is 19.5 Å². The minimum atomic E-state index is -0.246. The van der Waals surface area contributed by atoms with Crippen molar-refractivity contribution < 1.29 is 14.3 Å². The third-order valence-corrected chi connectivity index (χ3v) is 5.41. The lowest BCUT2D eigenvalue weighted by Crippen LogP contribution is -2.14. The zero-order valence-corrected chi connectivity index (χ0v) is 17.1. The summed E-state index contributed by atoms with van der Waals surface area (Å²) in [4.78, 5) is 18.4. The number of benzene rings is 2. The van der Waals surface area contributed by atoms with Gasteiger partial charge in [-0.15, -0.1) is 0 Å². The van der Waals surface area contributed by atoms with Crippen molar-refractivity contribution in [1.82, 2.24) is 4.98 Å². The van der Waals surface area contributed by atoms with Gasteiger partial charge in [-0.2, -0.15) is 0 Å². The molecule has 5 nitrogen and oxygen atoms in total. The Labute approximate surface area is 169 Å². The number of nitrogens with one attached hydrogen (secondary N) is 1. The van der Waals surface area contributed by atoms with Crippen molar-refractivity contribution in [2.45, 2.75) is 23.8 Å². The van der Waals surface area contributed by atoms with E-state index in [0.717, 1.165) is 10.5 Å². The van der Waals surface area contributed by atoms with Crippen molar-refractivity contribution >= 4 is 23.4 Å². The number of anilines is 1. The second-order valence-electron chi connectivity index (χ2n) is 6.25. The average Bonchev–Trinajstić information content (AvgIpc) is 2.70. The molecule has 1 N–H and O–H groups in total. The van der Waals surface area contributed by atoms with Crippen LogP contribution in [0.3, 0.4) is 0 Å². The van der Waals surface area contributed by atoms with Crippen LogP contribution < -0.4 is 14.8 Å². The smallest absolute Gasteiger partial charge is 0.258 e. The number of pyridine rings is 1. The Hall–Kier alpha value is -2.99.